The number of hydrogen-bond donors (Lipinski definition) is 2. The van der Waals surface area contributed by atoms with E-state index in [1.54, 1.807) is 0 Å². The summed E-state index contributed by atoms with van der Waals surface area (Å²) in [6.45, 7) is -2.94. The van der Waals surface area contributed by atoms with E-state index in [4.69, 9.17) is 11.6 Å². The smallest absolute Gasteiger partial charge is 0.387 e. The average Bonchev–Trinajstić information content (AvgIpc) is 2.76. The van der Waals surface area contributed by atoms with Crippen molar-refractivity contribution in [2.75, 3.05) is 10.1 Å². The summed E-state index contributed by atoms with van der Waals surface area (Å²) < 4.78 is 56.1. The van der Waals surface area contributed by atoms with Crippen molar-refractivity contribution in [3.05, 3.63) is 87.4 Å². The van der Waals surface area contributed by atoms with Crippen molar-refractivity contribution in [3.63, 3.8) is 0 Å². The molecule has 0 fully saturated rings. The quantitative estimate of drug-likeness (QED) is 0.241. The number of nitro benzene ring substituents is 1. The van der Waals surface area contributed by atoms with Crippen molar-refractivity contribution in [3.8, 4) is 5.75 Å². The van der Waals surface area contributed by atoms with Gasteiger partial charge < -0.3 is 4.74 Å². The summed E-state index contributed by atoms with van der Waals surface area (Å²) in [7, 11) is -4.10. The number of benzene rings is 3. The third-order valence-electron chi connectivity index (χ3n) is 4.08. The molecule has 0 unspecified atom stereocenters. The molecule has 0 aliphatic carbocycles. The van der Waals surface area contributed by atoms with Crippen LogP contribution in [0.15, 0.2) is 76.7 Å². The topological polar surface area (TPSA) is 123 Å². The molecule has 0 saturated heterocycles. The first-order valence-electron chi connectivity index (χ1n) is 9.05. The Morgan fingerprint density at radius 1 is 1.06 bits per heavy atom. The summed E-state index contributed by atoms with van der Waals surface area (Å²) in [6, 6.07) is 14.7. The lowest BCUT2D eigenvalue weighted by atomic mass is 10.2. The number of nitrogens with zero attached hydrogens (tertiary/aromatic N) is 2. The number of alkyl halides is 2. The summed E-state index contributed by atoms with van der Waals surface area (Å²) in [5, 5.41) is 15.7. The molecule has 3 aromatic rings. The standard InChI is InChI=1S/C20H15ClF2N4O5S/c21-14-3-5-15(6-4-14)26-33(30,31)17-9-10-18(19(11-17)27(28)29)25-24-12-13-1-7-16(8-2-13)32-20(22)23/h1-12,20,25-26H. The van der Waals surface area contributed by atoms with Crippen LogP contribution in [0.5, 0.6) is 5.75 Å². The Hall–Kier alpha value is -3.77. The van der Waals surface area contributed by atoms with Crippen LogP contribution in [-0.2, 0) is 10.0 Å². The van der Waals surface area contributed by atoms with Crippen molar-refractivity contribution >= 4 is 44.9 Å². The van der Waals surface area contributed by atoms with Gasteiger partial charge in [-0.05, 0) is 66.2 Å². The lowest BCUT2D eigenvalue weighted by molar-refractivity contribution is -0.384. The van der Waals surface area contributed by atoms with Gasteiger partial charge in [-0.3, -0.25) is 20.3 Å². The molecule has 0 aliphatic heterocycles. The molecule has 172 valence electrons. The molecule has 0 bridgehead atoms. The second kappa shape index (κ2) is 10.2. The zero-order valence-electron chi connectivity index (χ0n) is 16.5. The Labute approximate surface area is 191 Å². The predicted octanol–water partition coefficient (Wildman–Crippen LogP) is 5.10. The molecule has 0 saturated carbocycles. The minimum atomic E-state index is -4.10. The van der Waals surface area contributed by atoms with E-state index in [1.165, 1.54) is 66.9 Å². The van der Waals surface area contributed by atoms with Crippen LogP contribution in [0.25, 0.3) is 0 Å². The van der Waals surface area contributed by atoms with Gasteiger partial charge in [0.2, 0.25) is 0 Å². The Morgan fingerprint density at radius 3 is 2.33 bits per heavy atom. The van der Waals surface area contributed by atoms with Crippen molar-refractivity contribution in [1.29, 1.82) is 0 Å². The number of sulfonamides is 1. The van der Waals surface area contributed by atoms with E-state index < -0.39 is 27.2 Å². The van der Waals surface area contributed by atoms with Gasteiger partial charge in [-0.15, -0.1) is 0 Å². The van der Waals surface area contributed by atoms with E-state index in [9.17, 15) is 27.3 Å². The van der Waals surface area contributed by atoms with Gasteiger partial charge in [0.05, 0.1) is 16.0 Å². The van der Waals surface area contributed by atoms with Crippen LogP contribution in [0, 0.1) is 10.1 Å². The molecule has 0 amide bonds. The second-order valence-corrected chi connectivity index (χ2v) is 8.48. The SMILES string of the molecule is O=[N+]([O-])c1cc(S(=O)(=O)Nc2ccc(Cl)cc2)ccc1NN=Cc1ccc(OC(F)F)cc1. The lowest BCUT2D eigenvalue weighted by Crippen LogP contribution is -2.13. The molecule has 9 nitrogen and oxygen atoms in total. The number of halogens is 3. The van der Waals surface area contributed by atoms with E-state index >= 15 is 0 Å². The van der Waals surface area contributed by atoms with Gasteiger partial charge in [0, 0.05) is 16.8 Å². The Balaban J connectivity index is 1.76. The third kappa shape index (κ3) is 6.60. The molecular weight excluding hydrogens is 482 g/mol. The summed E-state index contributed by atoms with van der Waals surface area (Å²) in [5.41, 5.74) is 2.63. The highest BCUT2D eigenvalue weighted by Gasteiger charge is 2.21. The molecule has 0 aromatic heterocycles. The molecule has 3 aromatic carbocycles. The molecule has 0 radical (unpaired) electrons. The number of ether oxygens (including phenoxy) is 1. The van der Waals surface area contributed by atoms with Crippen LogP contribution < -0.4 is 14.9 Å². The fourth-order valence-corrected chi connectivity index (χ4v) is 3.77. The normalized spacial score (nSPS) is 11.5. The number of nitro groups is 1. The van der Waals surface area contributed by atoms with Crippen LogP contribution in [0.4, 0.5) is 25.8 Å². The summed E-state index contributed by atoms with van der Waals surface area (Å²) in [4.78, 5) is 10.4. The maximum Gasteiger partial charge on any atom is 0.387 e. The lowest BCUT2D eigenvalue weighted by Gasteiger charge is -2.09. The summed E-state index contributed by atoms with van der Waals surface area (Å²) >= 11 is 5.78. The third-order valence-corrected chi connectivity index (χ3v) is 5.71. The van der Waals surface area contributed by atoms with E-state index in [2.05, 4.69) is 20.0 Å². The molecule has 13 heteroatoms. The number of nitrogens with one attached hydrogen (secondary N) is 2. The fourth-order valence-electron chi connectivity index (χ4n) is 2.57. The molecule has 0 atom stereocenters. The molecule has 0 heterocycles. The van der Waals surface area contributed by atoms with Gasteiger partial charge in [-0.25, -0.2) is 8.42 Å². The van der Waals surface area contributed by atoms with Crippen LogP contribution in [0.3, 0.4) is 0 Å². The highest BCUT2D eigenvalue weighted by Crippen LogP contribution is 2.29. The van der Waals surface area contributed by atoms with Gasteiger partial charge in [-0.2, -0.15) is 13.9 Å². The predicted molar refractivity (Wildman–Crippen MR) is 120 cm³/mol. The maximum atomic E-state index is 12.6. The minimum absolute atomic E-state index is 0.0326. The first kappa shape index (κ1) is 23.9. The second-order valence-electron chi connectivity index (χ2n) is 6.37. The van der Waals surface area contributed by atoms with E-state index in [0.29, 0.717) is 10.6 Å². The van der Waals surface area contributed by atoms with Gasteiger partial charge in [0.15, 0.2) is 0 Å². The molecule has 0 aliphatic rings. The van der Waals surface area contributed by atoms with Crippen molar-refractivity contribution in [1.82, 2.24) is 0 Å². The number of hydrogen-bond acceptors (Lipinski definition) is 7. The van der Waals surface area contributed by atoms with Gasteiger partial charge in [0.25, 0.3) is 15.7 Å². The van der Waals surface area contributed by atoms with Crippen molar-refractivity contribution < 1.29 is 26.9 Å². The first-order chi connectivity index (χ1) is 15.6. The van der Waals surface area contributed by atoms with E-state index in [1.807, 2.05) is 0 Å². The Morgan fingerprint density at radius 2 is 1.73 bits per heavy atom. The average molecular weight is 497 g/mol. The molecule has 33 heavy (non-hydrogen) atoms. The van der Waals surface area contributed by atoms with Crippen LogP contribution in [-0.4, -0.2) is 26.2 Å². The first-order valence-corrected chi connectivity index (χ1v) is 10.9. The minimum Gasteiger partial charge on any atom is -0.435 e. The van der Waals surface area contributed by atoms with Gasteiger partial charge in [-0.1, -0.05) is 11.6 Å². The van der Waals surface area contributed by atoms with E-state index in [-0.39, 0.29) is 22.0 Å². The molecule has 0 spiro atoms. The number of rotatable bonds is 9. The Bertz CT molecular complexity index is 1270. The van der Waals surface area contributed by atoms with Crippen molar-refractivity contribution in [2.24, 2.45) is 5.10 Å². The molecular formula is C20H15ClF2N4O5S. The number of hydrazone groups is 1. The fraction of sp³-hybridized carbons (Fsp3) is 0.0500. The monoisotopic (exact) mass is 496 g/mol. The molecule has 2 N–H and O–H groups in total. The van der Waals surface area contributed by atoms with Crippen LogP contribution >= 0.6 is 11.6 Å². The van der Waals surface area contributed by atoms with Crippen LogP contribution in [0.2, 0.25) is 5.02 Å². The van der Waals surface area contributed by atoms with Crippen molar-refractivity contribution in [2.45, 2.75) is 11.5 Å². The highest BCUT2D eigenvalue weighted by atomic mass is 35.5. The highest BCUT2D eigenvalue weighted by molar-refractivity contribution is 7.92. The maximum absolute atomic E-state index is 12.6. The zero-order chi connectivity index (χ0) is 24.0. The molecule has 3 rings (SSSR count). The summed E-state index contributed by atoms with van der Waals surface area (Å²) in [6.07, 6.45) is 1.29. The van der Waals surface area contributed by atoms with Crippen LogP contribution in [0.1, 0.15) is 5.56 Å². The summed E-state index contributed by atoms with van der Waals surface area (Å²) in [5.74, 6) is -0.0326. The Kier molecular flexibility index (Phi) is 7.41. The van der Waals surface area contributed by atoms with Gasteiger partial charge in [0.1, 0.15) is 11.4 Å². The number of anilines is 2. The largest absolute Gasteiger partial charge is 0.435 e. The van der Waals surface area contributed by atoms with E-state index in [0.717, 1.165) is 6.07 Å². The zero-order valence-corrected chi connectivity index (χ0v) is 18.1. The van der Waals surface area contributed by atoms with Gasteiger partial charge >= 0.3 is 6.61 Å².